The van der Waals surface area contributed by atoms with Crippen LogP contribution in [0.2, 0.25) is 0 Å². The van der Waals surface area contributed by atoms with Crippen molar-refractivity contribution in [3.05, 3.63) is 96.1 Å². The second kappa shape index (κ2) is 10.2. The molecule has 0 radical (unpaired) electrons. The van der Waals surface area contributed by atoms with Crippen LogP contribution < -0.4 is 14.8 Å². The lowest BCUT2D eigenvalue weighted by Crippen LogP contribution is -2.31. The van der Waals surface area contributed by atoms with E-state index in [4.69, 9.17) is 4.74 Å². The third kappa shape index (κ3) is 6.41. The molecular weight excluding hydrogens is 412 g/mol. The molecule has 162 valence electrons. The van der Waals surface area contributed by atoms with Crippen molar-refractivity contribution in [2.75, 3.05) is 6.61 Å². The van der Waals surface area contributed by atoms with Crippen molar-refractivity contribution in [1.29, 1.82) is 0 Å². The number of sulfonamides is 1. The first-order chi connectivity index (χ1) is 14.8. The van der Waals surface area contributed by atoms with Gasteiger partial charge in [0.15, 0.2) is 6.61 Å². The zero-order valence-corrected chi connectivity index (χ0v) is 18.3. The molecule has 0 saturated carbocycles. The van der Waals surface area contributed by atoms with Crippen LogP contribution in [0, 0.1) is 0 Å². The number of rotatable bonds is 9. The van der Waals surface area contributed by atoms with E-state index in [0.717, 1.165) is 11.1 Å². The summed E-state index contributed by atoms with van der Waals surface area (Å²) in [5, 5.41) is 2.87. The molecule has 0 heterocycles. The number of hydrogen-bond acceptors (Lipinski definition) is 4. The first kappa shape index (κ1) is 22.5. The van der Waals surface area contributed by atoms with Crippen LogP contribution in [0.15, 0.2) is 89.8 Å². The molecule has 2 atom stereocenters. The van der Waals surface area contributed by atoms with Crippen LogP contribution in [0.3, 0.4) is 0 Å². The van der Waals surface area contributed by atoms with E-state index in [1.807, 2.05) is 67.6 Å². The van der Waals surface area contributed by atoms with E-state index in [9.17, 15) is 13.2 Å². The molecule has 1 amide bonds. The molecule has 0 aliphatic carbocycles. The third-order valence-electron chi connectivity index (χ3n) is 4.81. The number of amides is 1. The molecule has 0 bridgehead atoms. The van der Waals surface area contributed by atoms with Gasteiger partial charge in [-0.05, 0) is 49.2 Å². The Bertz CT molecular complexity index is 1090. The molecule has 7 heteroatoms. The number of hydrogen-bond donors (Lipinski definition) is 2. The average Bonchev–Trinajstić information content (AvgIpc) is 2.79. The average molecular weight is 439 g/mol. The summed E-state index contributed by atoms with van der Waals surface area (Å²) in [5.41, 5.74) is 1.88. The third-order valence-corrected chi connectivity index (χ3v) is 6.37. The fourth-order valence-corrected chi connectivity index (χ4v) is 4.31. The van der Waals surface area contributed by atoms with E-state index < -0.39 is 10.0 Å². The first-order valence-electron chi connectivity index (χ1n) is 9.99. The van der Waals surface area contributed by atoms with Crippen LogP contribution in [0.25, 0.3) is 0 Å². The predicted octanol–water partition coefficient (Wildman–Crippen LogP) is 3.98. The molecule has 0 spiro atoms. The monoisotopic (exact) mass is 438 g/mol. The molecule has 6 nitrogen and oxygen atoms in total. The highest BCUT2D eigenvalue weighted by atomic mass is 32.2. The zero-order valence-electron chi connectivity index (χ0n) is 17.5. The SMILES string of the molecule is CC(NC(=O)COc1ccc(S(=O)(=O)NC(C)c2ccccc2)cc1)c1ccccc1. The van der Waals surface area contributed by atoms with Crippen LogP contribution in [0.5, 0.6) is 5.75 Å². The van der Waals surface area contributed by atoms with Gasteiger partial charge in [0.05, 0.1) is 10.9 Å². The maximum atomic E-state index is 12.6. The van der Waals surface area contributed by atoms with Gasteiger partial charge in [0.1, 0.15) is 5.75 Å². The molecule has 0 aliphatic rings. The second-order valence-electron chi connectivity index (χ2n) is 7.21. The van der Waals surface area contributed by atoms with Gasteiger partial charge in [0.25, 0.3) is 5.91 Å². The van der Waals surface area contributed by atoms with Crippen molar-refractivity contribution < 1.29 is 17.9 Å². The number of ether oxygens (including phenoxy) is 1. The lowest BCUT2D eigenvalue weighted by atomic mass is 10.1. The van der Waals surface area contributed by atoms with Crippen LogP contribution in [-0.4, -0.2) is 20.9 Å². The molecule has 2 N–H and O–H groups in total. The van der Waals surface area contributed by atoms with Crippen LogP contribution in [-0.2, 0) is 14.8 Å². The Morgan fingerprint density at radius 3 is 1.87 bits per heavy atom. The Morgan fingerprint density at radius 1 is 0.806 bits per heavy atom. The van der Waals surface area contributed by atoms with E-state index in [0.29, 0.717) is 5.75 Å². The van der Waals surface area contributed by atoms with Gasteiger partial charge >= 0.3 is 0 Å². The Morgan fingerprint density at radius 2 is 1.32 bits per heavy atom. The van der Waals surface area contributed by atoms with Gasteiger partial charge in [-0.1, -0.05) is 60.7 Å². The number of benzene rings is 3. The van der Waals surface area contributed by atoms with Gasteiger partial charge in [-0.3, -0.25) is 4.79 Å². The van der Waals surface area contributed by atoms with Gasteiger partial charge < -0.3 is 10.1 Å². The van der Waals surface area contributed by atoms with E-state index in [1.54, 1.807) is 6.92 Å². The molecule has 0 fully saturated rings. The Hall–Kier alpha value is -3.16. The van der Waals surface area contributed by atoms with Crippen molar-refractivity contribution in [3.8, 4) is 5.75 Å². The van der Waals surface area contributed by atoms with Crippen molar-refractivity contribution in [2.45, 2.75) is 30.8 Å². The standard InChI is InChI=1S/C24H26N2O4S/c1-18(20-9-5-3-6-10-20)25-24(27)17-30-22-13-15-23(16-14-22)31(28,29)26-19(2)21-11-7-4-8-12-21/h3-16,18-19,26H,17H2,1-2H3,(H,25,27). The van der Waals surface area contributed by atoms with Crippen LogP contribution in [0.1, 0.15) is 37.1 Å². The van der Waals surface area contributed by atoms with Gasteiger partial charge in [-0.15, -0.1) is 0 Å². The lowest BCUT2D eigenvalue weighted by molar-refractivity contribution is -0.123. The maximum Gasteiger partial charge on any atom is 0.258 e. The summed E-state index contributed by atoms with van der Waals surface area (Å²) >= 11 is 0. The second-order valence-corrected chi connectivity index (χ2v) is 8.93. The minimum Gasteiger partial charge on any atom is -0.484 e. The first-order valence-corrected chi connectivity index (χ1v) is 11.5. The topological polar surface area (TPSA) is 84.5 Å². The fourth-order valence-electron chi connectivity index (χ4n) is 3.08. The number of carbonyl (C=O) groups excluding carboxylic acids is 1. The van der Waals surface area contributed by atoms with Crippen molar-refractivity contribution >= 4 is 15.9 Å². The van der Waals surface area contributed by atoms with E-state index in [-0.39, 0.29) is 29.5 Å². The highest BCUT2D eigenvalue weighted by Gasteiger charge is 2.18. The minimum absolute atomic E-state index is 0.129. The van der Waals surface area contributed by atoms with Crippen LogP contribution >= 0.6 is 0 Å². The summed E-state index contributed by atoms with van der Waals surface area (Å²) in [6, 6.07) is 24.5. The normalized spacial score (nSPS) is 13.2. The molecule has 0 aliphatic heterocycles. The highest BCUT2D eigenvalue weighted by molar-refractivity contribution is 7.89. The summed E-state index contributed by atoms with van der Waals surface area (Å²) in [6.07, 6.45) is 0. The molecular formula is C24H26N2O4S. The summed E-state index contributed by atoms with van der Waals surface area (Å²) < 4.78 is 33.4. The fraction of sp³-hybridized carbons (Fsp3) is 0.208. The molecule has 3 aromatic carbocycles. The van der Waals surface area contributed by atoms with E-state index in [1.165, 1.54) is 24.3 Å². The zero-order chi connectivity index (χ0) is 22.3. The van der Waals surface area contributed by atoms with E-state index >= 15 is 0 Å². The largest absolute Gasteiger partial charge is 0.484 e. The van der Waals surface area contributed by atoms with Crippen LogP contribution in [0.4, 0.5) is 0 Å². The van der Waals surface area contributed by atoms with Gasteiger partial charge in [0.2, 0.25) is 10.0 Å². The summed E-state index contributed by atoms with van der Waals surface area (Å²) in [5.74, 6) is 0.156. The lowest BCUT2D eigenvalue weighted by Gasteiger charge is -2.15. The van der Waals surface area contributed by atoms with E-state index in [2.05, 4.69) is 10.0 Å². The Kier molecular flexibility index (Phi) is 7.44. The Labute approximate surface area is 183 Å². The van der Waals surface area contributed by atoms with Crippen molar-refractivity contribution in [1.82, 2.24) is 10.0 Å². The molecule has 3 aromatic rings. The number of nitrogens with one attached hydrogen (secondary N) is 2. The predicted molar refractivity (Wildman–Crippen MR) is 120 cm³/mol. The Balaban J connectivity index is 1.54. The molecule has 2 unspecified atom stereocenters. The van der Waals surface area contributed by atoms with Gasteiger partial charge in [-0.2, -0.15) is 0 Å². The smallest absolute Gasteiger partial charge is 0.258 e. The van der Waals surface area contributed by atoms with Crippen molar-refractivity contribution in [2.24, 2.45) is 0 Å². The highest BCUT2D eigenvalue weighted by Crippen LogP contribution is 2.19. The quantitative estimate of drug-likeness (QED) is 0.529. The number of carbonyl (C=O) groups is 1. The summed E-state index contributed by atoms with van der Waals surface area (Å²) in [4.78, 5) is 12.3. The van der Waals surface area contributed by atoms with Gasteiger partial charge in [0, 0.05) is 6.04 Å². The molecule has 0 saturated heterocycles. The minimum atomic E-state index is -3.69. The summed E-state index contributed by atoms with van der Waals surface area (Å²) in [6.45, 7) is 3.53. The maximum absolute atomic E-state index is 12.6. The van der Waals surface area contributed by atoms with Gasteiger partial charge in [-0.25, -0.2) is 13.1 Å². The van der Waals surface area contributed by atoms with Crippen molar-refractivity contribution in [3.63, 3.8) is 0 Å². The molecule has 0 aromatic heterocycles. The summed E-state index contributed by atoms with van der Waals surface area (Å²) in [7, 11) is -3.69. The molecule has 31 heavy (non-hydrogen) atoms. The molecule has 3 rings (SSSR count).